The van der Waals surface area contributed by atoms with Crippen LogP contribution >= 0.6 is 11.6 Å². The fourth-order valence-corrected chi connectivity index (χ4v) is 1.72. The van der Waals surface area contributed by atoms with Gasteiger partial charge in [0, 0.05) is 18.3 Å². The average Bonchev–Trinajstić information content (AvgIpc) is 2.44. The van der Waals surface area contributed by atoms with E-state index in [9.17, 15) is 4.39 Å². The van der Waals surface area contributed by atoms with Crippen LogP contribution in [0.4, 0.5) is 4.39 Å². The Morgan fingerprint density at radius 2 is 2.11 bits per heavy atom. The van der Waals surface area contributed by atoms with Crippen molar-refractivity contribution >= 4 is 11.6 Å². The van der Waals surface area contributed by atoms with Crippen molar-refractivity contribution in [3.05, 3.63) is 52.9 Å². The topological polar surface area (TPSA) is 34.1 Å². The number of benzene rings is 1. The van der Waals surface area contributed by atoms with Gasteiger partial charge >= 0.3 is 0 Å². The van der Waals surface area contributed by atoms with Crippen molar-refractivity contribution in [3.8, 4) is 11.6 Å². The molecule has 100 valence electrons. The summed E-state index contributed by atoms with van der Waals surface area (Å²) in [5.74, 6) is -0.193. The fraction of sp³-hybridized carbons (Fsp3) is 0.214. The molecule has 0 aliphatic heterocycles. The standard InChI is InChI=1S/C14H14ClFN2O/c1-9(17-2)10-6-7-13(18-8-10)19-12-5-3-4-11(15)14(12)16/h3-9,17H,1-2H3. The molecule has 19 heavy (non-hydrogen) atoms. The van der Waals surface area contributed by atoms with Gasteiger partial charge in [-0.15, -0.1) is 0 Å². The summed E-state index contributed by atoms with van der Waals surface area (Å²) in [4.78, 5) is 4.14. The van der Waals surface area contributed by atoms with Crippen molar-refractivity contribution in [2.75, 3.05) is 7.05 Å². The highest BCUT2D eigenvalue weighted by molar-refractivity contribution is 6.30. The maximum Gasteiger partial charge on any atom is 0.219 e. The highest BCUT2D eigenvalue weighted by atomic mass is 35.5. The van der Waals surface area contributed by atoms with Crippen LogP contribution in [0.15, 0.2) is 36.5 Å². The zero-order valence-corrected chi connectivity index (χ0v) is 11.4. The van der Waals surface area contributed by atoms with Crippen LogP contribution in [0.25, 0.3) is 0 Å². The third-order valence-corrected chi connectivity index (χ3v) is 3.11. The molecule has 0 spiro atoms. The molecule has 1 atom stereocenters. The van der Waals surface area contributed by atoms with E-state index in [0.29, 0.717) is 5.88 Å². The van der Waals surface area contributed by atoms with Crippen LogP contribution in [0.5, 0.6) is 11.6 Å². The first-order valence-corrected chi connectivity index (χ1v) is 6.24. The van der Waals surface area contributed by atoms with Gasteiger partial charge in [-0.25, -0.2) is 9.37 Å². The summed E-state index contributed by atoms with van der Waals surface area (Å²) in [5.41, 5.74) is 1.03. The summed E-state index contributed by atoms with van der Waals surface area (Å²) in [6.45, 7) is 2.02. The summed E-state index contributed by atoms with van der Waals surface area (Å²) in [6, 6.07) is 8.37. The number of pyridine rings is 1. The maximum atomic E-state index is 13.7. The van der Waals surface area contributed by atoms with Gasteiger partial charge in [-0.1, -0.05) is 23.7 Å². The minimum atomic E-state index is -0.585. The molecule has 0 saturated carbocycles. The van der Waals surface area contributed by atoms with Gasteiger partial charge in [-0.2, -0.15) is 0 Å². The average molecular weight is 281 g/mol. The molecule has 1 unspecified atom stereocenters. The molecular weight excluding hydrogens is 267 g/mol. The van der Waals surface area contributed by atoms with Crippen molar-refractivity contribution in [1.82, 2.24) is 10.3 Å². The summed E-state index contributed by atoms with van der Waals surface area (Å²) in [7, 11) is 1.87. The van der Waals surface area contributed by atoms with E-state index in [1.165, 1.54) is 12.1 Å². The van der Waals surface area contributed by atoms with Gasteiger partial charge in [0.1, 0.15) is 0 Å². The highest BCUT2D eigenvalue weighted by Crippen LogP contribution is 2.28. The molecular formula is C14H14ClFN2O. The highest BCUT2D eigenvalue weighted by Gasteiger charge is 2.09. The minimum Gasteiger partial charge on any atom is -0.436 e. The van der Waals surface area contributed by atoms with E-state index in [0.717, 1.165) is 5.56 Å². The quantitative estimate of drug-likeness (QED) is 0.921. The lowest BCUT2D eigenvalue weighted by molar-refractivity contribution is 0.427. The molecule has 0 radical (unpaired) electrons. The molecule has 0 saturated heterocycles. The number of hydrogen-bond acceptors (Lipinski definition) is 3. The lowest BCUT2D eigenvalue weighted by Crippen LogP contribution is -2.12. The third kappa shape index (κ3) is 3.22. The Bertz CT molecular complexity index is 560. The van der Waals surface area contributed by atoms with Gasteiger partial charge in [0.05, 0.1) is 5.02 Å². The predicted molar refractivity (Wildman–Crippen MR) is 73.2 cm³/mol. The SMILES string of the molecule is CNC(C)c1ccc(Oc2cccc(Cl)c2F)nc1. The van der Waals surface area contributed by atoms with Gasteiger partial charge in [0.25, 0.3) is 0 Å². The van der Waals surface area contributed by atoms with Crippen LogP contribution < -0.4 is 10.1 Å². The van der Waals surface area contributed by atoms with E-state index in [1.807, 2.05) is 20.0 Å². The second-order valence-electron chi connectivity index (χ2n) is 4.09. The largest absolute Gasteiger partial charge is 0.436 e. The van der Waals surface area contributed by atoms with Gasteiger partial charge in [-0.05, 0) is 31.7 Å². The second-order valence-corrected chi connectivity index (χ2v) is 4.50. The normalized spacial score (nSPS) is 12.2. The van der Waals surface area contributed by atoms with Gasteiger partial charge in [0.2, 0.25) is 5.88 Å². The van der Waals surface area contributed by atoms with Crippen LogP contribution in [-0.4, -0.2) is 12.0 Å². The van der Waals surface area contributed by atoms with Crippen LogP contribution in [0, 0.1) is 5.82 Å². The zero-order valence-electron chi connectivity index (χ0n) is 10.7. The Morgan fingerprint density at radius 3 is 2.74 bits per heavy atom. The fourth-order valence-electron chi connectivity index (χ4n) is 1.55. The Hall–Kier alpha value is -1.65. The van der Waals surface area contributed by atoms with Gasteiger partial charge in [0.15, 0.2) is 11.6 Å². The minimum absolute atomic E-state index is 0.0259. The first-order valence-electron chi connectivity index (χ1n) is 5.87. The number of rotatable bonds is 4. The number of halogens is 2. The molecule has 2 aromatic rings. The lowest BCUT2D eigenvalue weighted by atomic mass is 10.1. The van der Waals surface area contributed by atoms with Gasteiger partial charge in [-0.3, -0.25) is 0 Å². The van der Waals surface area contributed by atoms with Crippen molar-refractivity contribution in [2.24, 2.45) is 0 Å². The van der Waals surface area contributed by atoms with Crippen molar-refractivity contribution in [2.45, 2.75) is 13.0 Å². The Labute approximate surface area is 116 Å². The molecule has 5 heteroatoms. The van der Waals surface area contributed by atoms with Crippen LogP contribution in [0.1, 0.15) is 18.5 Å². The molecule has 0 aliphatic rings. The molecule has 1 aromatic heterocycles. The second kappa shape index (κ2) is 5.99. The number of hydrogen-bond donors (Lipinski definition) is 1. The monoisotopic (exact) mass is 280 g/mol. The van der Waals surface area contributed by atoms with Gasteiger partial charge < -0.3 is 10.1 Å². The van der Waals surface area contributed by atoms with E-state index in [4.69, 9.17) is 16.3 Å². The molecule has 2 rings (SSSR count). The van der Waals surface area contributed by atoms with E-state index in [1.54, 1.807) is 18.3 Å². The van der Waals surface area contributed by atoms with Crippen molar-refractivity contribution in [3.63, 3.8) is 0 Å². The number of ether oxygens (including phenoxy) is 1. The predicted octanol–water partition coefficient (Wildman–Crippen LogP) is 3.95. The summed E-state index contributed by atoms with van der Waals surface area (Å²) in [5, 5.41) is 3.13. The van der Waals surface area contributed by atoms with E-state index >= 15 is 0 Å². The third-order valence-electron chi connectivity index (χ3n) is 2.82. The molecule has 1 heterocycles. The van der Waals surface area contributed by atoms with Crippen LogP contribution in [-0.2, 0) is 0 Å². The van der Waals surface area contributed by atoms with Crippen LogP contribution in [0.2, 0.25) is 5.02 Å². The summed E-state index contributed by atoms with van der Waals surface area (Å²) in [6.07, 6.45) is 1.69. The van der Waals surface area contributed by atoms with Crippen molar-refractivity contribution < 1.29 is 9.13 Å². The molecule has 0 bridgehead atoms. The number of nitrogens with one attached hydrogen (secondary N) is 1. The molecule has 0 aliphatic carbocycles. The Balaban J connectivity index is 2.18. The maximum absolute atomic E-state index is 13.7. The van der Waals surface area contributed by atoms with E-state index in [-0.39, 0.29) is 16.8 Å². The lowest BCUT2D eigenvalue weighted by Gasteiger charge is -2.11. The molecule has 0 amide bonds. The Kier molecular flexibility index (Phi) is 4.35. The molecule has 3 nitrogen and oxygen atoms in total. The van der Waals surface area contributed by atoms with E-state index in [2.05, 4.69) is 10.3 Å². The van der Waals surface area contributed by atoms with E-state index < -0.39 is 5.82 Å². The summed E-state index contributed by atoms with van der Waals surface area (Å²) >= 11 is 5.68. The van der Waals surface area contributed by atoms with Crippen LogP contribution in [0.3, 0.4) is 0 Å². The number of aromatic nitrogens is 1. The first-order chi connectivity index (χ1) is 9.11. The molecule has 1 N–H and O–H groups in total. The van der Waals surface area contributed by atoms with Crippen molar-refractivity contribution in [1.29, 1.82) is 0 Å². The smallest absolute Gasteiger partial charge is 0.219 e. The first kappa shape index (κ1) is 13.8. The number of nitrogens with zero attached hydrogens (tertiary/aromatic N) is 1. The Morgan fingerprint density at radius 1 is 1.32 bits per heavy atom. The molecule has 1 aromatic carbocycles. The molecule has 0 fully saturated rings. The zero-order chi connectivity index (χ0) is 13.8. The summed E-state index contributed by atoms with van der Waals surface area (Å²) < 4.78 is 19.0.